The highest BCUT2D eigenvalue weighted by Gasteiger charge is 2.20. The molecule has 6 nitrogen and oxygen atoms in total. The molecule has 0 radical (unpaired) electrons. The quantitative estimate of drug-likeness (QED) is 0.711. The topological polar surface area (TPSA) is 90.1 Å². The van der Waals surface area contributed by atoms with Crippen LogP contribution in [0.5, 0.6) is 0 Å². The van der Waals surface area contributed by atoms with Crippen LogP contribution in [0.25, 0.3) is 20.5 Å². The number of carbonyl (C=O) groups is 1. The van der Waals surface area contributed by atoms with Crippen molar-refractivity contribution in [2.45, 2.75) is 18.9 Å². The first-order valence-electron chi connectivity index (χ1n) is 8.32. The highest BCUT2D eigenvalue weighted by atomic mass is 35.5. The number of fused-ring (bicyclic) bond motifs is 1. The monoisotopic (exact) mass is 388 g/mol. The number of benzene rings is 1. The molecular weight excluding hydrogens is 372 g/mol. The molecule has 1 amide bonds. The Labute approximate surface area is 159 Å². The highest BCUT2D eigenvalue weighted by Crippen LogP contribution is 2.38. The van der Waals surface area contributed by atoms with Crippen LogP contribution in [0.3, 0.4) is 0 Å². The number of ether oxygens (including phenoxy) is 1. The van der Waals surface area contributed by atoms with Gasteiger partial charge in [-0.15, -0.1) is 21.5 Å². The molecule has 1 fully saturated rings. The Hall–Kier alpha value is -2.22. The van der Waals surface area contributed by atoms with Crippen molar-refractivity contribution in [1.29, 1.82) is 0 Å². The van der Waals surface area contributed by atoms with Gasteiger partial charge in [0.05, 0.1) is 17.3 Å². The minimum absolute atomic E-state index is 0.176. The fraction of sp³-hybridized carbons (Fsp3) is 0.278. The van der Waals surface area contributed by atoms with Crippen LogP contribution in [0.15, 0.2) is 30.3 Å². The molecule has 1 aromatic carbocycles. The average Bonchev–Trinajstić information content (AvgIpc) is 3.08. The number of anilines is 1. The van der Waals surface area contributed by atoms with Crippen molar-refractivity contribution in [3.05, 3.63) is 41.0 Å². The standard InChI is InChI=1S/C18H17ClN4O2S/c19-11-4-1-3-10(7-11)14-8-13-16(26-14)15(17(20)24)22-23-18(13)21-12-5-2-6-25-9-12/h1,3-4,7-8,12H,2,5-6,9H2,(H2,20,24)(H,21,23). The Kier molecular flexibility index (Phi) is 4.76. The van der Waals surface area contributed by atoms with Crippen LogP contribution in [-0.2, 0) is 4.74 Å². The summed E-state index contributed by atoms with van der Waals surface area (Å²) in [4.78, 5) is 12.8. The molecule has 0 spiro atoms. The van der Waals surface area contributed by atoms with Gasteiger partial charge in [-0.3, -0.25) is 4.79 Å². The van der Waals surface area contributed by atoms with Crippen molar-refractivity contribution in [1.82, 2.24) is 10.2 Å². The lowest BCUT2D eigenvalue weighted by Crippen LogP contribution is -2.30. The maximum Gasteiger partial charge on any atom is 0.270 e. The first kappa shape index (κ1) is 17.2. The third-order valence-electron chi connectivity index (χ3n) is 4.30. The van der Waals surface area contributed by atoms with E-state index in [9.17, 15) is 4.79 Å². The molecule has 2 aromatic heterocycles. The van der Waals surface area contributed by atoms with Crippen LogP contribution < -0.4 is 11.1 Å². The summed E-state index contributed by atoms with van der Waals surface area (Å²) in [5, 5.41) is 13.1. The lowest BCUT2D eigenvalue weighted by atomic mass is 10.1. The van der Waals surface area contributed by atoms with Gasteiger partial charge in [0.25, 0.3) is 5.91 Å². The third-order valence-corrected chi connectivity index (χ3v) is 5.72. The molecule has 4 rings (SSSR count). The molecule has 1 atom stereocenters. The Bertz CT molecular complexity index is 969. The molecular formula is C18H17ClN4O2S. The first-order valence-corrected chi connectivity index (χ1v) is 9.51. The van der Waals surface area contributed by atoms with Crippen LogP contribution in [0.4, 0.5) is 5.82 Å². The number of hydrogen-bond donors (Lipinski definition) is 2. The van der Waals surface area contributed by atoms with E-state index >= 15 is 0 Å². The van der Waals surface area contributed by atoms with Crippen molar-refractivity contribution in [3.63, 3.8) is 0 Å². The predicted octanol–water partition coefficient (Wildman–Crippen LogP) is 3.70. The summed E-state index contributed by atoms with van der Waals surface area (Å²) in [6.07, 6.45) is 2.01. The van der Waals surface area contributed by atoms with Crippen molar-refractivity contribution < 1.29 is 9.53 Å². The van der Waals surface area contributed by atoms with Gasteiger partial charge in [-0.2, -0.15) is 0 Å². The zero-order chi connectivity index (χ0) is 18.1. The molecule has 1 aliphatic heterocycles. The molecule has 8 heteroatoms. The number of nitrogens with two attached hydrogens (primary N) is 1. The van der Waals surface area contributed by atoms with Gasteiger partial charge < -0.3 is 15.8 Å². The van der Waals surface area contributed by atoms with Gasteiger partial charge in [-0.05, 0) is 36.6 Å². The molecule has 1 saturated heterocycles. The van der Waals surface area contributed by atoms with Gasteiger partial charge >= 0.3 is 0 Å². The van der Waals surface area contributed by atoms with Crippen LogP contribution in [-0.4, -0.2) is 35.4 Å². The molecule has 3 aromatic rings. The van der Waals surface area contributed by atoms with Crippen molar-refractivity contribution in [3.8, 4) is 10.4 Å². The number of halogens is 1. The predicted molar refractivity (Wildman–Crippen MR) is 104 cm³/mol. The Balaban J connectivity index is 1.80. The zero-order valence-corrected chi connectivity index (χ0v) is 15.4. The second-order valence-corrected chi connectivity index (χ2v) is 7.67. The van der Waals surface area contributed by atoms with Crippen molar-refractivity contribution in [2.24, 2.45) is 5.73 Å². The first-order chi connectivity index (χ1) is 12.6. The summed E-state index contributed by atoms with van der Waals surface area (Å²) in [5.74, 6) is 0.0552. The highest BCUT2D eigenvalue weighted by molar-refractivity contribution is 7.22. The second-order valence-electron chi connectivity index (χ2n) is 6.18. The van der Waals surface area contributed by atoms with Crippen molar-refractivity contribution >= 4 is 44.7 Å². The van der Waals surface area contributed by atoms with E-state index in [1.165, 1.54) is 11.3 Å². The molecule has 1 aliphatic rings. The van der Waals surface area contributed by atoms with E-state index < -0.39 is 5.91 Å². The van der Waals surface area contributed by atoms with Crippen LogP contribution in [0.2, 0.25) is 5.02 Å². The maximum absolute atomic E-state index is 11.8. The number of primary amides is 1. The van der Waals surface area contributed by atoms with Gasteiger partial charge in [0.1, 0.15) is 0 Å². The van der Waals surface area contributed by atoms with Gasteiger partial charge in [-0.25, -0.2) is 0 Å². The lowest BCUT2D eigenvalue weighted by Gasteiger charge is -2.23. The summed E-state index contributed by atoms with van der Waals surface area (Å²) in [5.41, 5.74) is 6.65. The molecule has 134 valence electrons. The summed E-state index contributed by atoms with van der Waals surface area (Å²) in [6, 6.07) is 9.76. The van der Waals surface area contributed by atoms with E-state index in [4.69, 9.17) is 22.1 Å². The van der Waals surface area contributed by atoms with Gasteiger partial charge in [0.15, 0.2) is 11.5 Å². The lowest BCUT2D eigenvalue weighted by molar-refractivity contribution is 0.0875. The SMILES string of the molecule is NC(=O)c1nnc(NC2CCCOC2)c2cc(-c3cccc(Cl)c3)sc12. The zero-order valence-electron chi connectivity index (χ0n) is 13.9. The number of aromatic nitrogens is 2. The van der Waals surface area contributed by atoms with E-state index in [1.54, 1.807) is 0 Å². The molecule has 0 saturated carbocycles. The molecule has 1 unspecified atom stereocenters. The van der Waals surface area contributed by atoms with E-state index in [0.717, 1.165) is 40.0 Å². The minimum Gasteiger partial charge on any atom is -0.379 e. The number of thiophene rings is 1. The molecule has 0 bridgehead atoms. The molecule has 3 heterocycles. The number of amides is 1. The van der Waals surface area contributed by atoms with Gasteiger partial charge in [0.2, 0.25) is 0 Å². The second kappa shape index (κ2) is 7.19. The molecule has 0 aliphatic carbocycles. The maximum atomic E-state index is 11.8. The fourth-order valence-corrected chi connectivity index (χ4v) is 4.38. The van der Waals surface area contributed by atoms with E-state index in [1.807, 2.05) is 30.3 Å². The van der Waals surface area contributed by atoms with Gasteiger partial charge in [0, 0.05) is 21.9 Å². The van der Waals surface area contributed by atoms with Crippen molar-refractivity contribution in [2.75, 3.05) is 18.5 Å². The summed E-state index contributed by atoms with van der Waals surface area (Å²) in [7, 11) is 0. The summed E-state index contributed by atoms with van der Waals surface area (Å²) in [6.45, 7) is 1.42. The molecule has 3 N–H and O–H groups in total. The number of nitrogens with one attached hydrogen (secondary N) is 1. The number of hydrogen-bond acceptors (Lipinski definition) is 6. The third kappa shape index (κ3) is 3.38. The van der Waals surface area contributed by atoms with Crippen LogP contribution in [0.1, 0.15) is 23.3 Å². The summed E-state index contributed by atoms with van der Waals surface area (Å²) >= 11 is 7.57. The number of nitrogens with zero attached hydrogens (tertiary/aromatic N) is 2. The summed E-state index contributed by atoms with van der Waals surface area (Å²) < 4.78 is 6.24. The van der Waals surface area contributed by atoms with E-state index in [-0.39, 0.29) is 11.7 Å². The van der Waals surface area contributed by atoms with E-state index in [0.29, 0.717) is 17.4 Å². The van der Waals surface area contributed by atoms with Crippen LogP contribution >= 0.6 is 22.9 Å². The number of carbonyl (C=O) groups excluding carboxylic acids is 1. The van der Waals surface area contributed by atoms with Crippen LogP contribution in [0, 0.1) is 0 Å². The fourth-order valence-electron chi connectivity index (χ4n) is 3.04. The van der Waals surface area contributed by atoms with E-state index in [2.05, 4.69) is 15.5 Å². The molecule has 26 heavy (non-hydrogen) atoms. The Morgan fingerprint density at radius 3 is 2.96 bits per heavy atom. The van der Waals surface area contributed by atoms with Gasteiger partial charge in [-0.1, -0.05) is 23.7 Å². The smallest absolute Gasteiger partial charge is 0.270 e. The minimum atomic E-state index is -0.588. The Morgan fingerprint density at radius 2 is 2.23 bits per heavy atom. The number of rotatable bonds is 4. The normalized spacial score (nSPS) is 17.3. The Morgan fingerprint density at radius 1 is 1.35 bits per heavy atom. The average molecular weight is 389 g/mol. The largest absolute Gasteiger partial charge is 0.379 e.